The molecule has 4 heterocycles. The van der Waals surface area contributed by atoms with Crippen LogP contribution < -0.4 is 11.1 Å². The summed E-state index contributed by atoms with van der Waals surface area (Å²) in [5.41, 5.74) is 5.46. The van der Waals surface area contributed by atoms with Gasteiger partial charge in [-0.05, 0) is 18.1 Å². The van der Waals surface area contributed by atoms with Crippen molar-refractivity contribution in [2.75, 3.05) is 37.9 Å². The molecule has 0 radical (unpaired) electrons. The van der Waals surface area contributed by atoms with E-state index >= 15 is 0 Å². The lowest BCUT2D eigenvalue weighted by Gasteiger charge is -2.49. The molecular weight excluding hydrogens is 547 g/mol. The van der Waals surface area contributed by atoms with Crippen molar-refractivity contribution in [1.29, 1.82) is 0 Å². The van der Waals surface area contributed by atoms with Crippen molar-refractivity contribution in [3.63, 3.8) is 0 Å². The molecule has 17 heteroatoms. The van der Waals surface area contributed by atoms with E-state index in [0.717, 1.165) is 16.2 Å². The minimum Gasteiger partial charge on any atom is -0.479 e. The summed E-state index contributed by atoms with van der Waals surface area (Å²) in [7, 11) is 0. The molecule has 0 spiro atoms. The van der Waals surface area contributed by atoms with Crippen LogP contribution in [0.5, 0.6) is 0 Å². The molecule has 2 atom stereocenters. The van der Waals surface area contributed by atoms with Gasteiger partial charge in [-0.15, -0.1) is 23.1 Å². The number of alkyl halides is 1. The fourth-order valence-corrected chi connectivity index (χ4v) is 5.90. The zero-order valence-electron chi connectivity index (χ0n) is 19.5. The van der Waals surface area contributed by atoms with E-state index in [1.807, 2.05) is 0 Å². The van der Waals surface area contributed by atoms with Crippen LogP contribution in [0, 0.1) is 0 Å². The number of nitrogen functional groups attached to an aromatic ring is 1. The lowest BCUT2D eigenvalue weighted by Crippen LogP contribution is -2.71. The highest BCUT2D eigenvalue weighted by molar-refractivity contribution is 8.00. The monoisotopic (exact) mass is 568 g/mol. The van der Waals surface area contributed by atoms with Crippen LogP contribution >= 0.6 is 23.1 Å². The van der Waals surface area contributed by atoms with E-state index < -0.39 is 54.2 Å². The highest BCUT2D eigenvalue weighted by Gasteiger charge is 2.54. The number of carboxylic acid groups (broad SMARTS) is 2. The lowest BCUT2D eigenvalue weighted by molar-refractivity contribution is -0.150. The summed E-state index contributed by atoms with van der Waals surface area (Å²) in [4.78, 5) is 72.2. The number of hydrogen-bond donors (Lipinski definition) is 4. The van der Waals surface area contributed by atoms with Crippen LogP contribution in [-0.4, -0.2) is 104 Å². The van der Waals surface area contributed by atoms with Gasteiger partial charge in [0.1, 0.15) is 29.5 Å². The first-order chi connectivity index (χ1) is 18.1. The van der Waals surface area contributed by atoms with Gasteiger partial charge in [-0.3, -0.25) is 19.3 Å². The number of thiazole rings is 1. The van der Waals surface area contributed by atoms with E-state index in [1.54, 1.807) is 0 Å². The quantitative estimate of drug-likeness (QED) is 0.121. The molecule has 2 unspecified atom stereocenters. The maximum atomic E-state index is 13.0. The number of oxime groups is 1. The highest BCUT2D eigenvalue weighted by Crippen LogP contribution is 2.41. The maximum Gasteiger partial charge on any atom is 0.352 e. The number of carbonyl (C=O) groups is 5. The third kappa shape index (κ3) is 5.33. The molecule has 3 aliphatic heterocycles. The van der Waals surface area contributed by atoms with Crippen molar-refractivity contribution in [3.05, 3.63) is 34.0 Å². The van der Waals surface area contributed by atoms with Gasteiger partial charge in [-0.25, -0.2) is 19.0 Å². The summed E-state index contributed by atoms with van der Waals surface area (Å²) < 4.78 is 12.7. The molecule has 202 valence electrons. The number of nitrogens with two attached hydrogens (primary N) is 1. The Kier molecular flexibility index (Phi) is 7.96. The second-order valence-corrected chi connectivity index (χ2v) is 10.1. The Labute approximate surface area is 222 Å². The molecule has 0 bridgehead atoms. The van der Waals surface area contributed by atoms with Crippen LogP contribution in [0.4, 0.5) is 9.52 Å². The topological polar surface area (TPSA) is 205 Å². The van der Waals surface area contributed by atoms with Crippen molar-refractivity contribution in [2.45, 2.75) is 17.8 Å². The Bertz CT molecular complexity index is 1290. The molecule has 3 amide bonds. The number of allylic oxidation sites excluding steroid dienone is 1. The van der Waals surface area contributed by atoms with Gasteiger partial charge in [0.15, 0.2) is 10.8 Å². The largest absolute Gasteiger partial charge is 0.479 e. The number of amides is 3. The van der Waals surface area contributed by atoms with Crippen LogP contribution in [0.2, 0.25) is 0 Å². The fraction of sp³-hybridized carbons (Fsp3) is 0.381. The number of carbonyl (C=O) groups excluding carboxylic acids is 3. The van der Waals surface area contributed by atoms with Crippen molar-refractivity contribution in [2.24, 2.45) is 5.16 Å². The van der Waals surface area contributed by atoms with Crippen LogP contribution in [0.3, 0.4) is 0 Å². The molecule has 0 aromatic carbocycles. The standard InChI is InChI=1S/C21H21FN6O8S2/c22-2-4-27-3-1-9(17(27)32)5-10-7-37-19-14(18(33)28(19)15(10)20(34)35)25-16(31)13(26-36-6-12(29)30)11-8-38-21(23)24-11/h5,8,14,19H,1-4,6-7H2,(H2,23,24)(H,25,31)(H,29,30)(H,34,35). The van der Waals surface area contributed by atoms with Crippen LogP contribution in [0.15, 0.2) is 33.5 Å². The number of nitrogens with zero attached hydrogens (tertiary/aromatic N) is 4. The molecular formula is C21H21FN6O8S2. The van der Waals surface area contributed by atoms with Crippen molar-refractivity contribution < 1.29 is 43.4 Å². The Morgan fingerprint density at radius 3 is 2.74 bits per heavy atom. The summed E-state index contributed by atoms with van der Waals surface area (Å²) >= 11 is 2.18. The number of carboxylic acids is 2. The molecule has 14 nitrogen and oxygen atoms in total. The Morgan fingerprint density at radius 1 is 1.34 bits per heavy atom. The molecule has 38 heavy (non-hydrogen) atoms. The van der Waals surface area contributed by atoms with Gasteiger partial charge < -0.3 is 31.0 Å². The number of β-lactam (4-membered cyclic amide) rings is 1. The first kappa shape index (κ1) is 27.1. The summed E-state index contributed by atoms with van der Waals surface area (Å²) in [6.45, 7) is -1.25. The SMILES string of the molecule is Nc1nc(C(=NOCC(=O)O)C(=O)NC2C(=O)N3C(C(=O)O)=C(C=C4CCN(CCF)C4=O)CSC23)cs1. The third-order valence-corrected chi connectivity index (χ3v) is 7.70. The summed E-state index contributed by atoms with van der Waals surface area (Å²) in [5, 5.41) is 25.4. The van der Waals surface area contributed by atoms with Crippen molar-refractivity contribution in [1.82, 2.24) is 20.1 Å². The van der Waals surface area contributed by atoms with Crippen molar-refractivity contribution in [3.8, 4) is 0 Å². The predicted octanol–water partition coefficient (Wildman–Crippen LogP) is -0.603. The average molecular weight is 569 g/mol. The third-order valence-electron chi connectivity index (χ3n) is 5.73. The van der Waals surface area contributed by atoms with Gasteiger partial charge in [-0.2, -0.15) is 0 Å². The minimum atomic E-state index is -1.38. The number of likely N-dealkylation sites (tertiary alicyclic amines) is 1. The molecule has 5 N–H and O–H groups in total. The zero-order chi connectivity index (χ0) is 27.6. The number of hydrogen-bond acceptors (Lipinski definition) is 11. The summed E-state index contributed by atoms with van der Waals surface area (Å²) in [5.74, 6) is -4.57. The van der Waals surface area contributed by atoms with E-state index in [-0.39, 0.29) is 40.3 Å². The number of thioether (sulfide) groups is 1. The maximum absolute atomic E-state index is 13.0. The smallest absolute Gasteiger partial charge is 0.352 e. The number of anilines is 1. The van der Waals surface area contributed by atoms with E-state index in [4.69, 9.17) is 10.8 Å². The van der Waals surface area contributed by atoms with Crippen molar-refractivity contribution >= 4 is 63.6 Å². The second kappa shape index (κ2) is 11.2. The van der Waals surface area contributed by atoms with Gasteiger partial charge in [-0.1, -0.05) is 5.16 Å². The molecule has 1 aromatic heterocycles. The highest BCUT2D eigenvalue weighted by atomic mass is 32.2. The first-order valence-corrected chi connectivity index (χ1v) is 13.0. The summed E-state index contributed by atoms with van der Waals surface area (Å²) in [6, 6.07) is -1.12. The molecule has 2 saturated heterocycles. The summed E-state index contributed by atoms with van der Waals surface area (Å²) in [6.07, 6.45) is 1.76. The predicted molar refractivity (Wildman–Crippen MR) is 132 cm³/mol. The number of aliphatic carboxylic acids is 2. The van der Waals surface area contributed by atoms with Gasteiger partial charge in [0.05, 0.1) is 0 Å². The molecule has 0 aliphatic carbocycles. The average Bonchev–Trinajstić information content (AvgIpc) is 3.45. The van der Waals surface area contributed by atoms with Gasteiger partial charge in [0, 0.05) is 29.8 Å². The number of aromatic nitrogens is 1. The number of nitrogens with one attached hydrogen (secondary N) is 1. The van der Waals surface area contributed by atoms with Gasteiger partial charge in [0.2, 0.25) is 12.5 Å². The Morgan fingerprint density at radius 2 is 2.11 bits per heavy atom. The van der Waals surface area contributed by atoms with E-state index in [1.165, 1.54) is 28.1 Å². The number of rotatable bonds is 10. The normalized spacial score (nSPS) is 22.4. The zero-order valence-corrected chi connectivity index (χ0v) is 21.1. The Balaban J connectivity index is 1.53. The van der Waals surface area contributed by atoms with Gasteiger partial charge >= 0.3 is 11.9 Å². The minimum absolute atomic E-state index is 0.00150. The Hall–Kier alpha value is -3.99. The second-order valence-electron chi connectivity index (χ2n) is 8.12. The van der Waals surface area contributed by atoms with E-state index in [0.29, 0.717) is 18.5 Å². The van der Waals surface area contributed by atoms with E-state index in [9.17, 15) is 33.5 Å². The fourth-order valence-electron chi connectivity index (χ4n) is 4.04. The van der Waals surface area contributed by atoms with Gasteiger partial charge in [0.25, 0.3) is 11.8 Å². The molecule has 1 aromatic rings. The number of halogens is 1. The van der Waals surface area contributed by atoms with Crippen LogP contribution in [0.1, 0.15) is 12.1 Å². The lowest BCUT2D eigenvalue weighted by atomic mass is 10.0. The molecule has 2 fully saturated rings. The molecule has 3 aliphatic rings. The molecule has 4 rings (SSSR count). The van der Waals surface area contributed by atoms with Crippen LogP contribution in [-0.2, 0) is 28.8 Å². The van der Waals surface area contributed by atoms with Crippen LogP contribution in [0.25, 0.3) is 0 Å². The number of fused-ring (bicyclic) bond motifs is 1. The molecule has 0 saturated carbocycles. The first-order valence-electron chi connectivity index (χ1n) is 11.0. The van der Waals surface area contributed by atoms with E-state index in [2.05, 4.69) is 20.3 Å².